The summed E-state index contributed by atoms with van der Waals surface area (Å²) in [6, 6.07) is 2.89. The molecule has 0 aliphatic carbocycles. The summed E-state index contributed by atoms with van der Waals surface area (Å²) in [6.45, 7) is 0. The predicted octanol–water partition coefficient (Wildman–Crippen LogP) is 0.978. The van der Waals surface area contributed by atoms with Crippen LogP contribution in [0.1, 0.15) is 10.4 Å². The van der Waals surface area contributed by atoms with E-state index in [2.05, 4.69) is 4.84 Å². The van der Waals surface area contributed by atoms with Crippen LogP contribution in [0.15, 0.2) is 18.2 Å². The van der Waals surface area contributed by atoms with Gasteiger partial charge in [-0.15, -0.1) is 10.1 Å². The van der Waals surface area contributed by atoms with Crippen LogP contribution in [0.2, 0.25) is 0 Å². The first-order valence-corrected chi connectivity index (χ1v) is 3.60. The summed E-state index contributed by atoms with van der Waals surface area (Å²) in [5.74, 6) is -0.333. The molecule has 0 atom stereocenters. The van der Waals surface area contributed by atoms with Gasteiger partial charge in [0.2, 0.25) is 0 Å². The Labute approximate surface area is 82.3 Å². The molecule has 8 heteroatoms. The van der Waals surface area contributed by atoms with Crippen molar-refractivity contribution in [3.8, 4) is 5.75 Å². The molecule has 1 aromatic rings. The Morgan fingerprint density at radius 1 is 1.27 bits per heavy atom. The lowest BCUT2D eigenvalue weighted by Gasteiger charge is -2.00. The Hall–Kier alpha value is -2.51. The standard InChI is InChI=1S/C7H4N2O6/c10-4-5-3-6(8(11)12)1-2-7(5)15-9(13)14/h1-4H. The van der Waals surface area contributed by atoms with Gasteiger partial charge in [0.15, 0.2) is 6.29 Å². The van der Waals surface area contributed by atoms with Crippen molar-refractivity contribution in [2.75, 3.05) is 0 Å². The average Bonchev–Trinajstić information content (AvgIpc) is 2.17. The van der Waals surface area contributed by atoms with Crippen LogP contribution >= 0.6 is 0 Å². The predicted molar refractivity (Wildman–Crippen MR) is 46.1 cm³/mol. The normalized spacial score (nSPS) is 9.33. The molecule has 0 aliphatic heterocycles. The number of carbonyl (C=O) groups excluding carboxylic acids is 1. The number of hydrogen-bond acceptors (Lipinski definition) is 6. The number of benzene rings is 1. The van der Waals surface area contributed by atoms with Crippen molar-refractivity contribution in [3.63, 3.8) is 0 Å². The molecule has 0 saturated carbocycles. The lowest BCUT2D eigenvalue weighted by atomic mass is 10.2. The van der Waals surface area contributed by atoms with Crippen LogP contribution in [-0.2, 0) is 0 Å². The fraction of sp³-hybridized carbons (Fsp3) is 0. The van der Waals surface area contributed by atoms with E-state index in [-0.39, 0.29) is 23.3 Å². The van der Waals surface area contributed by atoms with Crippen LogP contribution in [0.25, 0.3) is 0 Å². The lowest BCUT2D eigenvalue weighted by Crippen LogP contribution is -2.05. The number of non-ortho nitro benzene ring substituents is 1. The Balaban J connectivity index is 3.14. The molecule has 0 unspecified atom stereocenters. The summed E-state index contributed by atoms with van der Waals surface area (Å²) in [5.41, 5.74) is -0.589. The van der Waals surface area contributed by atoms with E-state index in [1.165, 1.54) is 0 Å². The van der Waals surface area contributed by atoms with E-state index in [0.717, 1.165) is 18.2 Å². The van der Waals surface area contributed by atoms with E-state index in [1.54, 1.807) is 0 Å². The molecule has 0 N–H and O–H groups in total. The SMILES string of the molecule is O=Cc1cc([N+](=O)[O-])ccc1O[N+](=O)[O-]. The summed E-state index contributed by atoms with van der Waals surface area (Å²) in [7, 11) is 0. The molecule has 0 amide bonds. The van der Waals surface area contributed by atoms with Crippen molar-refractivity contribution >= 4 is 12.0 Å². The largest absolute Gasteiger partial charge is 0.299 e. The van der Waals surface area contributed by atoms with E-state index >= 15 is 0 Å². The van der Waals surface area contributed by atoms with Gasteiger partial charge < -0.3 is 0 Å². The van der Waals surface area contributed by atoms with Gasteiger partial charge in [-0.1, -0.05) is 0 Å². The fourth-order valence-electron chi connectivity index (χ4n) is 0.905. The highest BCUT2D eigenvalue weighted by atomic mass is 17.0. The molecule has 0 saturated heterocycles. The molecule has 0 bridgehead atoms. The zero-order valence-corrected chi connectivity index (χ0v) is 7.15. The second kappa shape index (κ2) is 4.13. The Kier molecular flexibility index (Phi) is 2.91. The van der Waals surface area contributed by atoms with E-state index in [1.807, 2.05) is 0 Å². The maximum absolute atomic E-state index is 10.5. The van der Waals surface area contributed by atoms with Gasteiger partial charge in [0.25, 0.3) is 10.8 Å². The van der Waals surface area contributed by atoms with Crippen molar-refractivity contribution in [1.29, 1.82) is 0 Å². The molecule has 1 aromatic carbocycles. The van der Waals surface area contributed by atoms with Gasteiger partial charge >= 0.3 is 0 Å². The molecule has 8 nitrogen and oxygen atoms in total. The number of nitro groups is 1. The minimum atomic E-state index is -1.10. The first kappa shape index (κ1) is 10.6. The molecule has 1 rings (SSSR count). The highest BCUT2D eigenvalue weighted by Gasteiger charge is 2.12. The van der Waals surface area contributed by atoms with Gasteiger partial charge in [0, 0.05) is 12.1 Å². The van der Waals surface area contributed by atoms with Crippen molar-refractivity contribution in [3.05, 3.63) is 44.0 Å². The third-order valence-electron chi connectivity index (χ3n) is 1.50. The quantitative estimate of drug-likeness (QED) is 0.417. The summed E-state index contributed by atoms with van der Waals surface area (Å²) < 4.78 is 0. The second-order valence-corrected chi connectivity index (χ2v) is 2.41. The maximum Gasteiger partial charge on any atom is 0.299 e. The average molecular weight is 212 g/mol. The number of carbonyl (C=O) groups is 1. The van der Waals surface area contributed by atoms with E-state index < -0.39 is 10.0 Å². The number of hydrogen-bond donors (Lipinski definition) is 0. The molecular formula is C7H4N2O6. The molecule has 0 spiro atoms. The zero-order valence-electron chi connectivity index (χ0n) is 7.15. The smallest absolute Gasteiger partial charge is 0.298 e. The Bertz CT molecular complexity index is 429. The molecular weight excluding hydrogens is 208 g/mol. The van der Waals surface area contributed by atoms with Crippen molar-refractivity contribution in [2.24, 2.45) is 0 Å². The fourth-order valence-corrected chi connectivity index (χ4v) is 0.905. The minimum Gasteiger partial charge on any atom is -0.298 e. The minimum absolute atomic E-state index is 0.242. The second-order valence-electron chi connectivity index (χ2n) is 2.41. The van der Waals surface area contributed by atoms with Crippen LogP contribution in [0.5, 0.6) is 5.75 Å². The van der Waals surface area contributed by atoms with Crippen LogP contribution in [0.3, 0.4) is 0 Å². The van der Waals surface area contributed by atoms with Crippen LogP contribution in [0.4, 0.5) is 5.69 Å². The summed E-state index contributed by atoms with van der Waals surface area (Å²) in [4.78, 5) is 34.1. The van der Waals surface area contributed by atoms with Crippen molar-refractivity contribution < 1.29 is 19.6 Å². The first-order valence-electron chi connectivity index (χ1n) is 3.60. The molecule has 0 aliphatic rings. The molecule has 0 heterocycles. The molecule has 15 heavy (non-hydrogen) atoms. The Morgan fingerprint density at radius 3 is 2.40 bits per heavy atom. The summed E-state index contributed by atoms with van der Waals surface area (Å²) in [5, 5.41) is 19.2. The number of nitrogens with zero attached hydrogens (tertiary/aromatic N) is 2. The monoisotopic (exact) mass is 212 g/mol. The molecule has 78 valence electrons. The molecule has 0 radical (unpaired) electrons. The van der Waals surface area contributed by atoms with Gasteiger partial charge in [0.1, 0.15) is 5.75 Å². The molecule has 0 aromatic heterocycles. The van der Waals surface area contributed by atoms with Gasteiger partial charge in [-0.3, -0.25) is 19.7 Å². The van der Waals surface area contributed by atoms with Gasteiger partial charge in [-0.2, -0.15) is 0 Å². The molecule has 0 fully saturated rings. The van der Waals surface area contributed by atoms with Crippen molar-refractivity contribution in [2.45, 2.75) is 0 Å². The highest BCUT2D eigenvalue weighted by molar-refractivity contribution is 5.80. The summed E-state index contributed by atoms with van der Waals surface area (Å²) in [6.07, 6.45) is 0.242. The number of rotatable bonds is 4. The van der Waals surface area contributed by atoms with Gasteiger partial charge in [-0.05, 0) is 6.07 Å². The number of nitro benzene ring substituents is 1. The zero-order chi connectivity index (χ0) is 11.4. The first-order chi connectivity index (χ1) is 7.04. The Morgan fingerprint density at radius 2 is 1.93 bits per heavy atom. The highest BCUT2D eigenvalue weighted by Crippen LogP contribution is 2.22. The topological polar surface area (TPSA) is 113 Å². The van der Waals surface area contributed by atoms with Gasteiger partial charge in [-0.25, -0.2) is 0 Å². The number of aldehydes is 1. The van der Waals surface area contributed by atoms with Crippen molar-refractivity contribution in [1.82, 2.24) is 0 Å². The van der Waals surface area contributed by atoms with Gasteiger partial charge in [0.05, 0.1) is 10.5 Å². The summed E-state index contributed by atoms with van der Waals surface area (Å²) >= 11 is 0. The van der Waals surface area contributed by atoms with E-state index in [4.69, 9.17) is 0 Å². The van der Waals surface area contributed by atoms with Crippen LogP contribution in [-0.4, -0.2) is 16.3 Å². The lowest BCUT2D eigenvalue weighted by molar-refractivity contribution is -0.711. The third kappa shape index (κ3) is 2.46. The maximum atomic E-state index is 10.5. The van der Waals surface area contributed by atoms with Crippen LogP contribution < -0.4 is 4.84 Å². The van der Waals surface area contributed by atoms with Crippen LogP contribution in [0, 0.1) is 20.2 Å². The van der Waals surface area contributed by atoms with E-state index in [9.17, 15) is 25.0 Å². The van der Waals surface area contributed by atoms with E-state index in [0.29, 0.717) is 0 Å². The third-order valence-corrected chi connectivity index (χ3v) is 1.50.